The van der Waals surface area contributed by atoms with Crippen molar-refractivity contribution in [2.45, 2.75) is 11.8 Å². The monoisotopic (exact) mass is 284 g/mol. The van der Waals surface area contributed by atoms with Gasteiger partial charge in [0.1, 0.15) is 5.56 Å². The molecule has 0 saturated carbocycles. The van der Waals surface area contributed by atoms with Crippen LogP contribution in [0.3, 0.4) is 0 Å². The maximum Gasteiger partial charge on any atom is 0.342 e. The van der Waals surface area contributed by atoms with Gasteiger partial charge in [0.05, 0.1) is 10.7 Å². The molecule has 0 heterocycles. The minimum absolute atomic E-state index is 0.122. The molecule has 0 bridgehead atoms. The van der Waals surface area contributed by atoms with Crippen LogP contribution >= 0.6 is 11.8 Å². The molecular weight excluding hydrogens is 272 g/mol. The first kappa shape index (κ1) is 15.0. The van der Waals surface area contributed by atoms with Crippen LogP contribution in [0.1, 0.15) is 17.3 Å². The normalized spacial score (nSPS) is 9.95. The van der Waals surface area contributed by atoms with Gasteiger partial charge in [-0.15, -0.1) is 11.8 Å². The van der Waals surface area contributed by atoms with Crippen molar-refractivity contribution >= 4 is 29.3 Å². The van der Waals surface area contributed by atoms with Crippen LogP contribution in [0.15, 0.2) is 23.1 Å². The van der Waals surface area contributed by atoms with Crippen molar-refractivity contribution in [2.24, 2.45) is 0 Å². The molecule has 7 nitrogen and oxygen atoms in total. The summed E-state index contributed by atoms with van der Waals surface area (Å²) in [5.41, 5.74) is -0.847. The molecule has 0 spiro atoms. The summed E-state index contributed by atoms with van der Waals surface area (Å²) < 4.78 is 0. The lowest BCUT2D eigenvalue weighted by molar-refractivity contribution is -0.385. The summed E-state index contributed by atoms with van der Waals surface area (Å²) >= 11 is 1.11. The molecule has 8 heteroatoms. The van der Waals surface area contributed by atoms with Gasteiger partial charge in [0.2, 0.25) is 5.91 Å². The Morgan fingerprint density at radius 1 is 1.47 bits per heavy atom. The molecule has 1 aromatic carbocycles. The Bertz CT molecular complexity index is 518. The molecule has 0 aliphatic rings. The van der Waals surface area contributed by atoms with Gasteiger partial charge in [-0.25, -0.2) is 4.79 Å². The maximum absolute atomic E-state index is 11.3. The first-order chi connectivity index (χ1) is 8.95. The lowest BCUT2D eigenvalue weighted by Crippen LogP contribution is -2.24. The van der Waals surface area contributed by atoms with E-state index in [1.54, 1.807) is 6.92 Å². The third-order valence-electron chi connectivity index (χ3n) is 2.14. The molecule has 0 fully saturated rings. The summed E-state index contributed by atoms with van der Waals surface area (Å²) in [6.07, 6.45) is 0. The van der Waals surface area contributed by atoms with E-state index in [1.807, 2.05) is 0 Å². The number of carboxylic acid groups (broad SMARTS) is 1. The number of carbonyl (C=O) groups is 2. The number of aromatic carboxylic acids is 1. The van der Waals surface area contributed by atoms with Crippen molar-refractivity contribution in [1.29, 1.82) is 0 Å². The molecule has 19 heavy (non-hydrogen) atoms. The largest absolute Gasteiger partial charge is 0.477 e. The van der Waals surface area contributed by atoms with Crippen LogP contribution in [-0.4, -0.2) is 34.2 Å². The molecule has 0 radical (unpaired) electrons. The van der Waals surface area contributed by atoms with E-state index in [0.29, 0.717) is 11.4 Å². The quantitative estimate of drug-likeness (QED) is 0.465. The predicted molar refractivity (Wildman–Crippen MR) is 69.5 cm³/mol. The molecule has 0 unspecified atom stereocenters. The van der Waals surface area contributed by atoms with E-state index in [9.17, 15) is 19.7 Å². The number of amides is 1. The molecular formula is C11H12N2O5S. The van der Waals surface area contributed by atoms with Crippen molar-refractivity contribution in [2.75, 3.05) is 12.3 Å². The number of carbonyl (C=O) groups excluding carboxylic acids is 1. The fraction of sp³-hybridized carbons (Fsp3) is 0.273. The van der Waals surface area contributed by atoms with Crippen molar-refractivity contribution < 1.29 is 19.6 Å². The average Bonchev–Trinajstić information content (AvgIpc) is 2.36. The van der Waals surface area contributed by atoms with Crippen molar-refractivity contribution in [3.8, 4) is 0 Å². The molecule has 102 valence electrons. The van der Waals surface area contributed by atoms with Crippen LogP contribution in [0.25, 0.3) is 0 Å². The summed E-state index contributed by atoms with van der Waals surface area (Å²) in [4.78, 5) is 32.6. The average molecular weight is 284 g/mol. The Hall–Kier alpha value is -2.09. The highest BCUT2D eigenvalue weighted by Crippen LogP contribution is 2.26. The number of hydrogen-bond acceptors (Lipinski definition) is 5. The number of nitrogens with one attached hydrogen (secondary N) is 1. The second kappa shape index (κ2) is 6.74. The Balaban J connectivity index is 2.87. The zero-order chi connectivity index (χ0) is 14.4. The molecule has 0 aliphatic carbocycles. The number of carboxylic acids is 1. The van der Waals surface area contributed by atoms with Gasteiger partial charge in [0.25, 0.3) is 5.69 Å². The topological polar surface area (TPSA) is 110 Å². The zero-order valence-corrected chi connectivity index (χ0v) is 10.9. The van der Waals surface area contributed by atoms with Gasteiger partial charge in [-0.3, -0.25) is 14.9 Å². The number of hydrogen-bond donors (Lipinski definition) is 2. The number of nitro benzene ring substituents is 1. The third-order valence-corrected chi connectivity index (χ3v) is 3.13. The number of thioether (sulfide) groups is 1. The summed E-state index contributed by atoms with van der Waals surface area (Å²) in [6.45, 7) is 2.30. The summed E-state index contributed by atoms with van der Waals surface area (Å²) in [7, 11) is 0. The van der Waals surface area contributed by atoms with E-state index in [1.165, 1.54) is 12.1 Å². The Morgan fingerprint density at radius 3 is 2.68 bits per heavy atom. The summed E-state index contributed by atoms with van der Waals surface area (Å²) in [5.74, 6) is -1.42. The number of rotatable bonds is 6. The van der Waals surface area contributed by atoms with Gasteiger partial charge in [-0.2, -0.15) is 0 Å². The van der Waals surface area contributed by atoms with Crippen LogP contribution in [0.5, 0.6) is 0 Å². The van der Waals surface area contributed by atoms with Gasteiger partial charge in [0, 0.05) is 17.5 Å². The van der Waals surface area contributed by atoms with Gasteiger partial charge in [-0.05, 0) is 19.1 Å². The smallest absolute Gasteiger partial charge is 0.342 e. The minimum atomic E-state index is -1.35. The number of nitro groups is 1. The van der Waals surface area contributed by atoms with Gasteiger partial charge >= 0.3 is 5.97 Å². The van der Waals surface area contributed by atoms with Gasteiger partial charge < -0.3 is 10.4 Å². The van der Waals surface area contributed by atoms with E-state index < -0.39 is 16.6 Å². The molecule has 1 aromatic rings. The summed E-state index contributed by atoms with van der Waals surface area (Å²) in [6, 6.07) is 3.77. The van der Waals surface area contributed by atoms with E-state index in [2.05, 4.69) is 5.32 Å². The zero-order valence-electron chi connectivity index (χ0n) is 10.1. The molecule has 0 saturated heterocycles. The minimum Gasteiger partial charge on any atom is -0.477 e. The fourth-order valence-electron chi connectivity index (χ4n) is 1.33. The highest BCUT2D eigenvalue weighted by molar-refractivity contribution is 8.00. The lowest BCUT2D eigenvalue weighted by atomic mass is 10.2. The van der Waals surface area contributed by atoms with E-state index in [0.717, 1.165) is 17.8 Å². The van der Waals surface area contributed by atoms with Crippen LogP contribution in [0, 0.1) is 10.1 Å². The van der Waals surface area contributed by atoms with Crippen molar-refractivity contribution in [1.82, 2.24) is 5.32 Å². The van der Waals surface area contributed by atoms with Crippen LogP contribution < -0.4 is 5.32 Å². The van der Waals surface area contributed by atoms with Gasteiger partial charge in [-0.1, -0.05) is 0 Å². The van der Waals surface area contributed by atoms with Crippen LogP contribution in [0.4, 0.5) is 5.69 Å². The molecule has 0 atom stereocenters. The van der Waals surface area contributed by atoms with Crippen LogP contribution in [-0.2, 0) is 4.79 Å². The lowest BCUT2D eigenvalue weighted by Gasteiger charge is -2.04. The molecule has 0 aromatic heterocycles. The van der Waals surface area contributed by atoms with Crippen molar-refractivity contribution in [3.05, 3.63) is 33.9 Å². The Kier molecular flexibility index (Phi) is 5.31. The van der Waals surface area contributed by atoms with E-state index in [4.69, 9.17) is 5.11 Å². The standard InChI is InChI=1S/C11H12N2O5S/c1-2-12-10(14)6-19-7-3-4-8(11(15)16)9(5-7)13(17)18/h3-5H,2,6H2,1H3,(H,12,14)(H,15,16). The van der Waals surface area contributed by atoms with E-state index >= 15 is 0 Å². The van der Waals surface area contributed by atoms with E-state index in [-0.39, 0.29) is 17.2 Å². The SMILES string of the molecule is CCNC(=O)CSc1ccc(C(=O)O)c([N+](=O)[O-])c1. The molecule has 0 aliphatic heterocycles. The second-order valence-electron chi connectivity index (χ2n) is 3.48. The second-order valence-corrected chi connectivity index (χ2v) is 4.53. The molecule has 2 N–H and O–H groups in total. The molecule has 1 rings (SSSR count). The number of benzene rings is 1. The molecule has 1 amide bonds. The first-order valence-electron chi connectivity index (χ1n) is 5.37. The van der Waals surface area contributed by atoms with Gasteiger partial charge in [0.15, 0.2) is 0 Å². The Morgan fingerprint density at radius 2 is 2.16 bits per heavy atom. The third kappa shape index (κ3) is 4.25. The first-order valence-corrected chi connectivity index (χ1v) is 6.35. The predicted octanol–water partition coefficient (Wildman–Crippen LogP) is 1.52. The Labute approximate surface area is 113 Å². The van der Waals surface area contributed by atoms with Crippen molar-refractivity contribution in [3.63, 3.8) is 0 Å². The highest BCUT2D eigenvalue weighted by atomic mass is 32.2. The number of nitrogens with zero attached hydrogens (tertiary/aromatic N) is 1. The summed E-state index contributed by atoms with van der Waals surface area (Å²) in [5, 5.41) is 22.2. The fourth-order valence-corrected chi connectivity index (χ4v) is 2.09. The van der Waals surface area contributed by atoms with Crippen LogP contribution in [0.2, 0.25) is 0 Å². The highest BCUT2D eigenvalue weighted by Gasteiger charge is 2.20. The maximum atomic E-state index is 11.3.